The van der Waals surface area contributed by atoms with Gasteiger partial charge < -0.3 is 24.6 Å². The Kier molecular flexibility index (Phi) is 8.16. The molecule has 1 aliphatic carbocycles. The summed E-state index contributed by atoms with van der Waals surface area (Å²) in [5.74, 6) is -0.288. The molecule has 0 bridgehead atoms. The summed E-state index contributed by atoms with van der Waals surface area (Å²) in [4.78, 5) is 33.4. The van der Waals surface area contributed by atoms with E-state index in [0.717, 1.165) is 0 Å². The number of hydrogen-bond donors (Lipinski definition) is 1. The van der Waals surface area contributed by atoms with Crippen LogP contribution in [0.5, 0.6) is 5.75 Å². The lowest BCUT2D eigenvalue weighted by Gasteiger charge is -2.63. The molecule has 0 unspecified atom stereocenters. The van der Waals surface area contributed by atoms with Crippen LogP contribution in [0.25, 0.3) is 0 Å². The number of anilines is 1. The fourth-order valence-corrected chi connectivity index (χ4v) is 6.22. The van der Waals surface area contributed by atoms with Gasteiger partial charge in [0.1, 0.15) is 35.2 Å². The molecule has 2 aliphatic rings. The lowest BCUT2D eigenvalue weighted by Crippen LogP contribution is -2.74. The Morgan fingerprint density at radius 3 is 2.29 bits per heavy atom. The van der Waals surface area contributed by atoms with Crippen LogP contribution in [0.3, 0.4) is 0 Å². The first-order valence-electron chi connectivity index (χ1n) is 13.6. The normalized spacial score (nSPS) is 21.4. The number of nitrogens with zero attached hydrogens (tertiary/aromatic N) is 4. The molecule has 1 aliphatic heterocycles. The van der Waals surface area contributed by atoms with Gasteiger partial charge in [0.05, 0.1) is 16.1 Å². The van der Waals surface area contributed by atoms with E-state index in [2.05, 4.69) is 10.3 Å². The van der Waals surface area contributed by atoms with E-state index in [9.17, 15) is 9.59 Å². The fourth-order valence-electron chi connectivity index (χ4n) is 6.01. The fraction of sp³-hybridized carbons (Fsp3) is 0.533. The molecule has 2 amide bonds. The Balaban J connectivity index is 1.39. The van der Waals surface area contributed by atoms with Crippen molar-refractivity contribution in [3.63, 3.8) is 0 Å². The lowest BCUT2D eigenvalue weighted by molar-refractivity contribution is -0.164. The number of piperazine rings is 1. The number of carbonyl (C=O) groups excluding carboxylic acids is 2. The third-order valence-corrected chi connectivity index (χ3v) is 8.08. The van der Waals surface area contributed by atoms with E-state index in [4.69, 9.17) is 26.3 Å². The number of pyridine rings is 1. The summed E-state index contributed by atoms with van der Waals surface area (Å²) < 4.78 is 26.9. The Hall–Kier alpha value is -3.58. The number of aromatic nitrogens is 1. The van der Waals surface area contributed by atoms with Crippen molar-refractivity contribution in [1.82, 2.24) is 15.2 Å². The van der Waals surface area contributed by atoms with E-state index in [-0.39, 0.29) is 23.8 Å². The minimum atomic E-state index is -0.669. The third-order valence-electron chi connectivity index (χ3n) is 7.77. The summed E-state index contributed by atoms with van der Waals surface area (Å²) in [5, 5.41) is 12.4. The molecule has 2 heterocycles. The van der Waals surface area contributed by atoms with Crippen LogP contribution in [0.4, 0.5) is 15.0 Å². The topological polar surface area (TPSA) is 108 Å². The standard InChI is InChI=1S/C30H37ClFN5O4/c1-28(2,3)41-27(39)37-12-10-36(11-13-37)23-15-22(32)20(17-34-23)24(38)35-25-29(4,5)26(30(25,6)7)40-19-9-8-18(16-33)21(31)14-19/h8-9,14-15,17,25-26H,10-13H2,1-7H3,(H,35,38)/t25-,26-. The number of amides is 2. The highest BCUT2D eigenvalue weighted by Gasteiger charge is 2.64. The molecule has 1 aromatic carbocycles. The number of benzene rings is 1. The maximum Gasteiger partial charge on any atom is 0.410 e. The summed E-state index contributed by atoms with van der Waals surface area (Å²) in [6.45, 7) is 15.1. The molecule has 0 spiro atoms. The Morgan fingerprint density at radius 1 is 1.12 bits per heavy atom. The molecule has 1 N–H and O–H groups in total. The van der Waals surface area contributed by atoms with Crippen molar-refractivity contribution in [3.8, 4) is 11.8 Å². The van der Waals surface area contributed by atoms with Crippen molar-refractivity contribution in [2.45, 2.75) is 66.2 Å². The molecule has 2 aromatic rings. The number of ether oxygens (including phenoxy) is 2. The molecule has 9 nitrogen and oxygen atoms in total. The van der Waals surface area contributed by atoms with Gasteiger partial charge in [0.15, 0.2) is 0 Å². The van der Waals surface area contributed by atoms with Crippen LogP contribution >= 0.6 is 11.6 Å². The molecular weight excluding hydrogens is 549 g/mol. The first kappa shape index (κ1) is 30.4. The second-order valence-corrected chi connectivity index (χ2v) is 13.2. The summed E-state index contributed by atoms with van der Waals surface area (Å²) in [6.07, 6.45) is 0.596. The van der Waals surface area contributed by atoms with E-state index in [1.807, 2.05) is 59.4 Å². The van der Waals surface area contributed by atoms with Gasteiger partial charge in [-0.2, -0.15) is 5.26 Å². The highest BCUT2D eigenvalue weighted by molar-refractivity contribution is 6.31. The van der Waals surface area contributed by atoms with Crippen molar-refractivity contribution in [2.75, 3.05) is 31.1 Å². The highest BCUT2D eigenvalue weighted by Crippen LogP contribution is 2.55. The smallest absolute Gasteiger partial charge is 0.410 e. The van der Waals surface area contributed by atoms with Crippen LogP contribution in [0.2, 0.25) is 5.02 Å². The molecule has 4 rings (SSSR count). The SMILES string of the molecule is CC(C)(C)OC(=O)N1CCN(c2cc(F)c(C(=O)N[C@H]3C(C)(C)[C@H](Oc4ccc(C#N)c(Cl)c4)C3(C)C)cn2)CC1. The average Bonchev–Trinajstić information content (AvgIpc) is 2.89. The van der Waals surface area contributed by atoms with E-state index in [1.165, 1.54) is 12.3 Å². The number of rotatable bonds is 5. The zero-order valence-electron chi connectivity index (χ0n) is 24.5. The molecule has 2 fully saturated rings. The quantitative estimate of drug-likeness (QED) is 0.499. The van der Waals surface area contributed by atoms with Crippen LogP contribution in [0.1, 0.15) is 64.4 Å². The molecule has 41 heavy (non-hydrogen) atoms. The molecule has 0 atom stereocenters. The molecular formula is C30H37ClFN5O4. The van der Waals surface area contributed by atoms with Crippen molar-refractivity contribution in [1.29, 1.82) is 5.26 Å². The molecule has 1 aromatic heterocycles. The molecule has 1 saturated heterocycles. The zero-order chi connectivity index (χ0) is 30.3. The van der Waals surface area contributed by atoms with Gasteiger partial charge in [-0.1, -0.05) is 39.3 Å². The van der Waals surface area contributed by atoms with Gasteiger partial charge in [0, 0.05) is 61.4 Å². The van der Waals surface area contributed by atoms with E-state index in [1.54, 1.807) is 23.1 Å². The monoisotopic (exact) mass is 585 g/mol. The van der Waals surface area contributed by atoms with Crippen molar-refractivity contribution >= 4 is 29.4 Å². The van der Waals surface area contributed by atoms with E-state index in [0.29, 0.717) is 48.3 Å². The van der Waals surface area contributed by atoms with Crippen LogP contribution in [0, 0.1) is 28.0 Å². The minimum Gasteiger partial charge on any atom is -0.489 e. The molecule has 11 heteroatoms. The van der Waals surface area contributed by atoms with Gasteiger partial charge in [-0.25, -0.2) is 14.2 Å². The Bertz CT molecular complexity index is 1360. The maximum atomic E-state index is 15.2. The van der Waals surface area contributed by atoms with Crippen LogP contribution < -0.4 is 15.0 Å². The number of hydrogen-bond acceptors (Lipinski definition) is 7. The molecule has 220 valence electrons. The predicted octanol–water partition coefficient (Wildman–Crippen LogP) is 5.41. The highest BCUT2D eigenvalue weighted by atomic mass is 35.5. The Morgan fingerprint density at radius 2 is 1.76 bits per heavy atom. The van der Waals surface area contributed by atoms with E-state index < -0.39 is 28.2 Å². The van der Waals surface area contributed by atoms with Gasteiger partial charge in [-0.05, 0) is 32.9 Å². The van der Waals surface area contributed by atoms with Crippen molar-refractivity contribution in [3.05, 3.63) is 52.4 Å². The first-order chi connectivity index (χ1) is 19.0. The van der Waals surface area contributed by atoms with Crippen LogP contribution in [-0.4, -0.2) is 65.8 Å². The zero-order valence-corrected chi connectivity index (χ0v) is 25.3. The van der Waals surface area contributed by atoms with Crippen molar-refractivity contribution in [2.24, 2.45) is 10.8 Å². The number of halogens is 2. The molecule has 1 saturated carbocycles. The number of nitriles is 1. The second-order valence-electron chi connectivity index (χ2n) is 12.8. The summed E-state index contributed by atoms with van der Waals surface area (Å²) in [7, 11) is 0. The number of carbonyl (C=O) groups is 2. The predicted molar refractivity (Wildman–Crippen MR) is 154 cm³/mol. The van der Waals surface area contributed by atoms with Gasteiger partial charge in [-0.3, -0.25) is 4.79 Å². The summed E-state index contributed by atoms with van der Waals surface area (Å²) >= 11 is 6.17. The largest absolute Gasteiger partial charge is 0.489 e. The third kappa shape index (κ3) is 6.20. The van der Waals surface area contributed by atoms with Crippen LogP contribution in [0.15, 0.2) is 30.5 Å². The lowest BCUT2D eigenvalue weighted by atomic mass is 9.49. The van der Waals surface area contributed by atoms with E-state index >= 15 is 4.39 Å². The first-order valence-corrected chi connectivity index (χ1v) is 14.0. The Labute approximate surface area is 245 Å². The van der Waals surface area contributed by atoms with Gasteiger partial charge in [-0.15, -0.1) is 0 Å². The molecule has 0 radical (unpaired) electrons. The van der Waals surface area contributed by atoms with Gasteiger partial charge in [0.25, 0.3) is 5.91 Å². The van der Waals surface area contributed by atoms with Gasteiger partial charge >= 0.3 is 6.09 Å². The van der Waals surface area contributed by atoms with Gasteiger partial charge in [0.2, 0.25) is 0 Å². The summed E-state index contributed by atoms with van der Waals surface area (Å²) in [6, 6.07) is 7.88. The van der Waals surface area contributed by atoms with Crippen molar-refractivity contribution < 1.29 is 23.5 Å². The summed E-state index contributed by atoms with van der Waals surface area (Å²) in [5.41, 5.74) is -1.34. The van der Waals surface area contributed by atoms with Crippen LogP contribution in [-0.2, 0) is 4.74 Å². The maximum absolute atomic E-state index is 15.2. The second kappa shape index (κ2) is 11.0. The average molecular weight is 586 g/mol. The number of nitrogens with one attached hydrogen (secondary N) is 1. The minimum absolute atomic E-state index is 0.143.